The van der Waals surface area contributed by atoms with Gasteiger partial charge in [-0.05, 0) is 30.3 Å². The Labute approximate surface area is 115 Å². The lowest BCUT2D eigenvalue weighted by molar-refractivity contribution is 0.262. The van der Waals surface area contributed by atoms with Crippen molar-refractivity contribution in [3.63, 3.8) is 0 Å². The van der Waals surface area contributed by atoms with Gasteiger partial charge in [-0.2, -0.15) is 8.42 Å². The molecule has 0 saturated carbocycles. The third-order valence-corrected chi connectivity index (χ3v) is 3.16. The molecule has 0 aliphatic heterocycles. The molecule has 1 aromatic heterocycles. The quantitative estimate of drug-likeness (QED) is 0.750. The van der Waals surface area contributed by atoms with Gasteiger partial charge in [0, 0.05) is 11.9 Å². The SMILES string of the molecule is O=C(Nc1cccnc1)Nc1cccc(S(=O)(=O)O)c1. The Bertz CT molecular complexity index is 716. The summed E-state index contributed by atoms with van der Waals surface area (Å²) < 4.78 is 30.9. The van der Waals surface area contributed by atoms with Crippen LogP contribution in [0.2, 0.25) is 0 Å². The van der Waals surface area contributed by atoms with Gasteiger partial charge in [-0.25, -0.2) is 4.79 Å². The third-order valence-electron chi connectivity index (χ3n) is 2.31. The zero-order valence-corrected chi connectivity index (χ0v) is 11.0. The van der Waals surface area contributed by atoms with E-state index in [9.17, 15) is 13.2 Å². The van der Waals surface area contributed by atoms with Crippen molar-refractivity contribution >= 4 is 27.5 Å². The van der Waals surface area contributed by atoms with Crippen LogP contribution in [0.5, 0.6) is 0 Å². The minimum Gasteiger partial charge on any atom is -0.308 e. The van der Waals surface area contributed by atoms with Crippen molar-refractivity contribution in [2.75, 3.05) is 10.6 Å². The van der Waals surface area contributed by atoms with E-state index in [1.807, 2.05) is 0 Å². The molecule has 0 radical (unpaired) electrons. The number of anilines is 2. The molecule has 3 N–H and O–H groups in total. The first-order valence-electron chi connectivity index (χ1n) is 5.51. The molecule has 0 atom stereocenters. The number of benzene rings is 1. The molecule has 0 aliphatic rings. The molecular formula is C12H11N3O4S. The molecule has 2 rings (SSSR count). The highest BCUT2D eigenvalue weighted by Crippen LogP contribution is 2.15. The van der Waals surface area contributed by atoms with E-state index in [1.54, 1.807) is 18.3 Å². The van der Waals surface area contributed by atoms with Crippen LogP contribution in [0.4, 0.5) is 16.2 Å². The summed E-state index contributed by atoms with van der Waals surface area (Å²) in [4.78, 5) is 15.2. The highest BCUT2D eigenvalue weighted by Gasteiger charge is 2.10. The maximum Gasteiger partial charge on any atom is 0.323 e. The maximum absolute atomic E-state index is 11.7. The highest BCUT2D eigenvalue weighted by molar-refractivity contribution is 7.85. The van der Waals surface area contributed by atoms with Crippen LogP contribution in [0.25, 0.3) is 0 Å². The van der Waals surface area contributed by atoms with Gasteiger partial charge in [-0.3, -0.25) is 9.54 Å². The van der Waals surface area contributed by atoms with Crippen molar-refractivity contribution in [1.82, 2.24) is 4.98 Å². The normalized spacial score (nSPS) is 10.8. The number of nitrogens with zero attached hydrogens (tertiary/aromatic N) is 1. The molecule has 7 nitrogen and oxygen atoms in total. The number of rotatable bonds is 3. The number of hydrogen-bond acceptors (Lipinski definition) is 4. The predicted molar refractivity (Wildman–Crippen MR) is 73.1 cm³/mol. The fourth-order valence-corrected chi connectivity index (χ4v) is 1.99. The Balaban J connectivity index is 2.09. The molecule has 0 saturated heterocycles. The van der Waals surface area contributed by atoms with Crippen molar-refractivity contribution in [1.29, 1.82) is 0 Å². The van der Waals surface area contributed by atoms with Crippen LogP contribution in [-0.4, -0.2) is 24.0 Å². The number of aromatic nitrogens is 1. The van der Waals surface area contributed by atoms with Gasteiger partial charge >= 0.3 is 6.03 Å². The first-order valence-corrected chi connectivity index (χ1v) is 6.95. The Hall–Kier alpha value is -2.45. The van der Waals surface area contributed by atoms with E-state index in [4.69, 9.17) is 4.55 Å². The number of urea groups is 1. The van der Waals surface area contributed by atoms with Crippen LogP contribution in [0.3, 0.4) is 0 Å². The smallest absolute Gasteiger partial charge is 0.308 e. The van der Waals surface area contributed by atoms with Crippen LogP contribution in [0, 0.1) is 0 Å². The van der Waals surface area contributed by atoms with E-state index < -0.39 is 16.1 Å². The number of nitrogens with one attached hydrogen (secondary N) is 2. The van der Waals surface area contributed by atoms with Crippen molar-refractivity contribution in [3.8, 4) is 0 Å². The first-order chi connectivity index (χ1) is 9.45. The van der Waals surface area contributed by atoms with Gasteiger partial charge in [0.15, 0.2) is 0 Å². The summed E-state index contributed by atoms with van der Waals surface area (Å²) in [6.45, 7) is 0. The molecule has 0 aliphatic carbocycles. The van der Waals surface area contributed by atoms with Gasteiger partial charge in [-0.15, -0.1) is 0 Å². The van der Waals surface area contributed by atoms with Gasteiger partial charge in [0.25, 0.3) is 10.1 Å². The molecule has 104 valence electrons. The highest BCUT2D eigenvalue weighted by atomic mass is 32.2. The summed E-state index contributed by atoms with van der Waals surface area (Å²) in [6.07, 6.45) is 3.03. The molecule has 2 aromatic rings. The Kier molecular flexibility index (Phi) is 3.97. The summed E-state index contributed by atoms with van der Waals surface area (Å²) in [5, 5.41) is 4.97. The molecule has 0 unspecified atom stereocenters. The summed E-state index contributed by atoms with van der Waals surface area (Å²) in [5.41, 5.74) is 0.734. The zero-order chi connectivity index (χ0) is 14.6. The average molecular weight is 293 g/mol. The lowest BCUT2D eigenvalue weighted by Gasteiger charge is -2.07. The average Bonchev–Trinajstić information content (AvgIpc) is 2.39. The fourth-order valence-electron chi connectivity index (χ4n) is 1.46. The molecule has 2 amide bonds. The summed E-state index contributed by atoms with van der Waals surface area (Å²) in [6, 6.07) is 8.04. The predicted octanol–water partition coefficient (Wildman–Crippen LogP) is 1.97. The monoisotopic (exact) mass is 293 g/mol. The standard InChI is InChI=1S/C12H11N3O4S/c16-12(15-10-4-2-6-13-8-10)14-9-3-1-5-11(7-9)20(17,18)19/h1-8H,(H2,14,15,16)(H,17,18,19). The topological polar surface area (TPSA) is 108 Å². The Morgan fingerprint density at radius 2 is 1.80 bits per heavy atom. The molecule has 1 heterocycles. The van der Waals surface area contributed by atoms with Crippen LogP contribution in [0.15, 0.2) is 53.7 Å². The molecule has 0 bridgehead atoms. The summed E-state index contributed by atoms with van der Waals surface area (Å²) in [7, 11) is -4.30. The fraction of sp³-hybridized carbons (Fsp3) is 0. The Morgan fingerprint density at radius 1 is 1.10 bits per heavy atom. The van der Waals surface area contributed by atoms with Crippen molar-refractivity contribution < 1.29 is 17.8 Å². The largest absolute Gasteiger partial charge is 0.323 e. The number of hydrogen-bond donors (Lipinski definition) is 3. The van der Waals surface area contributed by atoms with E-state index in [0.29, 0.717) is 5.69 Å². The first kappa shape index (κ1) is 14.0. The van der Waals surface area contributed by atoms with Crippen LogP contribution < -0.4 is 10.6 Å². The minimum atomic E-state index is -4.30. The molecular weight excluding hydrogens is 282 g/mol. The number of carbonyl (C=O) groups excluding carboxylic acids is 1. The molecule has 1 aromatic carbocycles. The second kappa shape index (κ2) is 5.68. The van der Waals surface area contributed by atoms with Crippen molar-refractivity contribution in [2.24, 2.45) is 0 Å². The van der Waals surface area contributed by atoms with Crippen LogP contribution >= 0.6 is 0 Å². The van der Waals surface area contributed by atoms with E-state index >= 15 is 0 Å². The van der Waals surface area contributed by atoms with E-state index in [1.165, 1.54) is 24.4 Å². The van der Waals surface area contributed by atoms with Gasteiger partial charge in [0.05, 0.1) is 16.8 Å². The van der Waals surface area contributed by atoms with Crippen LogP contribution in [0.1, 0.15) is 0 Å². The Morgan fingerprint density at radius 3 is 2.45 bits per heavy atom. The second-order valence-electron chi connectivity index (χ2n) is 3.82. The second-order valence-corrected chi connectivity index (χ2v) is 5.25. The molecule has 0 spiro atoms. The molecule has 0 fully saturated rings. The van der Waals surface area contributed by atoms with Crippen molar-refractivity contribution in [2.45, 2.75) is 4.90 Å². The summed E-state index contributed by atoms with van der Waals surface area (Å²) >= 11 is 0. The van der Waals surface area contributed by atoms with E-state index in [-0.39, 0.29) is 10.6 Å². The van der Waals surface area contributed by atoms with Gasteiger partial charge in [0.2, 0.25) is 0 Å². The molecule has 20 heavy (non-hydrogen) atoms. The summed E-state index contributed by atoms with van der Waals surface area (Å²) in [5.74, 6) is 0. The van der Waals surface area contributed by atoms with Gasteiger partial charge < -0.3 is 10.6 Å². The van der Waals surface area contributed by atoms with Gasteiger partial charge in [-0.1, -0.05) is 6.07 Å². The molecule has 8 heteroatoms. The van der Waals surface area contributed by atoms with Crippen molar-refractivity contribution in [3.05, 3.63) is 48.8 Å². The minimum absolute atomic E-state index is 0.238. The number of carbonyl (C=O) groups is 1. The van der Waals surface area contributed by atoms with Gasteiger partial charge in [0.1, 0.15) is 0 Å². The lowest BCUT2D eigenvalue weighted by Crippen LogP contribution is -2.19. The number of amides is 2. The third kappa shape index (κ3) is 3.77. The number of pyridine rings is 1. The van der Waals surface area contributed by atoms with E-state index in [0.717, 1.165) is 6.07 Å². The van der Waals surface area contributed by atoms with E-state index in [2.05, 4.69) is 15.6 Å². The van der Waals surface area contributed by atoms with Crippen LogP contribution in [-0.2, 0) is 10.1 Å². The lowest BCUT2D eigenvalue weighted by atomic mass is 10.3. The zero-order valence-electron chi connectivity index (χ0n) is 10.1. The maximum atomic E-state index is 11.7.